The van der Waals surface area contributed by atoms with Gasteiger partial charge in [0, 0.05) is 6.07 Å². The standard InChI is InChI=1S/C13H16O5/c1-8(2)10(15)6-16-11-4-13-12(17-7-18-13)3-9(11)5-14/h3-5,8,10,15H,6-7H2,1-2H3. The fourth-order valence-corrected chi connectivity index (χ4v) is 1.52. The summed E-state index contributed by atoms with van der Waals surface area (Å²) in [5.74, 6) is 1.58. The Kier molecular flexibility index (Phi) is 3.72. The van der Waals surface area contributed by atoms with Crippen molar-refractivity contribution in [1.82, 2.24) is 0 Å². The molecule has 5 heteroatoms. The smallest absolute Gasteiger partial charge is 0.231 e. The summed E-state index contributed by atoms with van der Waals surface area (Å²) in [6, 6.07) is 3.19. The zero-order valence-electron chi connectivity index (χ0n) is 10.4. The Labute approximate surface area is 105 Å². The van der Waals surface area contributed by atoms with E-state index in [-0.39, 0.29) is 19.3 Å². The molecule has 18 heavy (non-hydrogen) atoms. The topological polar surface area (TPSA) is 65.0 Å². The molecule has 1 aromatic rings. The predicted octanol–water partition coefficient (Wildman–Crippen LogP) is 1.62. The van der Waals surface area contributed by atoms with Crippen LogP contribution in [-0.2, 0) is 0 Å². The summed E-state index contributed by atoms with van der Waals surface area (Å²) < 4.78 is 15.8. The summed E-state index contributed by atoms with van der Waals surface area (Å²) in [5.41, 5.74) is 0.384. The second kappa shape index (κ2) is 5.27. The van der Waals surface area contributed by atoms with Crippen LogP contribution >= 0.6 is 0 Å². The van der Waals surface area contributed by atoms with Crippen molar-refractivity contribution in [2.45, 2.75) is 20.0 Å². The Morgan fingerprint density at radius 2 is 2.06 bits per heavy atom. The second-order valence-corrected chi connectivity index (χ2v) is 4.48. The zero-order chi connectivity index (χ0) is 13.1. The molecular formula is C13H16O5. The first-order valence-electron chi connectivity index (χ1n) is 5.81. The van der Waals surface area contributed by atoms with Crippen molar-refractivity contribution >= 4 is 6.29 Å². The van der Waals surface area contributed by atoms with Crippen molar-refractivity contribution < 1.29 is 24.1 Å². The van der Waals surface area contributed by atoms with E-state index in [2.05, 4.69) is 0 Å². The third kappa shape index (κ3) is 2.56. The fraction of sp³-hybridized carbons (Fsp3) is 0.462. The van der Waals surface area contributed by atoms with E-state index in [0.717, 1.165) is 0 Å². The van der Waals surface area contributed by atoms with Crippen molar-refractivity contribution in [1.29, 1.82) is 0 Å². The quantitative estimate of drug-likeness (QED) is 0.807. The highest BCUT2D eigenvalue weighted by molar-refractivity contribution is 5.81. The van der Waals surface area contributed by atoms with Crippen LogP contribution < -0.4 is 14.2 Å². The number of ether oxygens (including phenoxy) is 3. The number of hydrogen-bond acceptors (Lipinski definition) is 5. The van der Waals surface area contributed by atoms with Gasteiger partial charge >= 0.3 is 0 Å². The van der Waals surface area contributed by atoms with E-state index in [1.54, 1.807) is 12.1 Å². The normalized spacial score (nSPS) is 14.7. The van der Waals surface area contributed by atoms with Gasteiger partial charge in [0.15, 0.2) is 17.8 Å². The lowest BCUT2D eigenvalue weighted by atomic mass is 10.1. The number of fused-ring (bicyclic) bond motifs is 1. The lowest BCUT2D eigenvalue weighted by Crippen LogP contribution is -2.23. The lowest BCUT2D eigenvalue weighted by molar-refractivity contribution is 0.0695. The van der Waals surface area contributed by atoms with Gasteiger partial charge in [-0.25, -0.2) is 0 Å². The number of hydrogen-bond donors (Lipinski definition) is 1. The summed E-state index contributed by atoms with van der Waals surface area (Å²) in [7, 11) is 0. The molecular weight excluding hydrogens is 236 g/mol. The van der Waals surface area contributed by atoms with Crippen LogP contribution in [0.2, 0.25) is 0 Å². The Bertz CT molecular complexity index is 441. The van der Waals surface area contributed by atoms with Gasteiger partial charge in [-0.1, -0.05) is 13.8 Å². The molecule has 0 spiro atoms. The summed E-state index contributed by atoms with van der Waals surface area (Å²) in [6.45, 7) is 4.08. The maximum absolute atomic E-state index is 11.0. The minimum atomic E-state index is -0.574. The first-order valence-corrected chi connectivity index (χ1v) is 5.81. The van der Waals surface area contributed by atoms with Gasteiger partial charge in [-0.3, -0.25) is 4.79 Å². The number of carbonyl (C=O) groups is 1. The Hall–Kier alpha value is -1.75. The third-order valence-corrected chi connectivity index (χ3v) is 2.81. The van der Waals surface area contributed by atoms with Crippen molar-refractivity contribution in [3.63, 3.8) is 0 Å². The predicted molar refractivity (Wildman–Crippen MR) is 64.3 cm³/mol. The van der Waals surface area contributed by atoms with Crippen LogP contribution in [0.4, 0.5) is 0 Å². The molecule has 1 heterocycles. The molecule has 5 nitrogen and oxygen atoms in total. The monoisotopic (exact) mass is 252 g/mol. The molecule has 0 saturated carbocycles. The van der Waals surface area contributed by atoms with E-state index in [1.165, 1.54) is 0 Å². The van der Waals surface area contributed by atoms with Gasteiger partial charge in [0.2, 0.25) is 6.79 Å². The summed E-state index contributed by atoms with van der Waals surface area (Å²) in [6.07, 6.45) is 0.119. The number of aliphatic hydroxyl groups excluding tert-OH is 1. The maximum atomic E-state index is 11.0. The molecule has 0 saturated heterocycles. The average Bonchev–Trinajstić information content (AvgIpc) is 2.81. The largest absolute Gasteiger partial charge is 0.490 e. The minimum Gasteiger partial charge on any atom is -0.490 e. The molecule has 1 N–H and O–H groups in total. The number of aliphatic hydroxyl groups is 1. The van der Waals surface area contributed by atoms with Crippen molar-refractivity contribution in [3.05, 3.63) is 17.7 Å². The molecule has 0 aromatic heterocycles. The molecule has 1 aliphatic heterocycles. The van der Waals surface area contributed by atoms with E-state index < -0.39 is 6.10 Å². The number of aldehydes is 1. The summed E-state index contributed by atoms with van der Waals surface area (Å²) in [4.78, 5) is 11.0. The van der Waals surface area contributed by atoms with Gasteiger partial charge in [0.05, 0.1) is 11.7 Å². The first kappa shape index (κ1) is 12.7. The van der Waals surface area contributed by atoms with Gasteiger partial charge in [-0.2, -0.15) is 0 Å². The molecule has 0 fully saturated rings. The van der Waals surface area contributed by atoms with Gasteiger partial charge in [-0.15, -0.1) is 0 Å². The minimum absolute atomic E-state index is 0.0960. The number of benzene rings is 1. The molecule has 1 aromatic carbocycles. The van der Waals surface area contributed by atoms with Gasteiger partial charge in [0.1, 0.15) is 12.4 Å². The average molecular weight is 252 g/mol. The highest BCUT2D eigenvalue weighted by atomic mass is 16.7. The van der Waals surface area contributed by atoms with Crippen molar-refractivity contribution in [3.8, 4) is 17.2 Å². The second-order valence-electron chi connectivity index (χ2n) is 4.48. The van der Waals surface area contributed by atoms with E-state index in [1.807, 2.05) is 13.8 Å². The SMILES string of the molecule is CC(C)C(O)COc1cc2c(cc1C=O)OCO2. The van der Waals surface area contributed by atoms with Crippen molar-refractivity contribution in [2.75, 3.05) is 13.4 Å². The summed E-state index contributed by atoms with van der Waals surface area (Å²) >= 11 is 0. The first-order chi connectivity index (χ1) is 8.61. The molecule has 1 aliphatic rings. The number of rotatable bonds is 5. The fourth-order valence-electron chi connectivity index (χ4n) is 1.52. The molecule has 1 atom stereocenters. The van der Waals surface area contributed by atoms with Gasteiger partial charge in [-0.05, 0) is 12.0 Å². The highest BCUT2D eigenvalue weighted by Gasteiger charge is 2.19. The van der Waals surface area contributed by atoms with E-state index in [9.17, 15) is 9.90 Å². The lowest BCUT2D eigenvalue weighted by Gasteiger charge is -2.16. The van der Waals surface area contributed by atoms with Crippen LogP contribution in [0.25, 0.3) is 0 Å². The molecule has 2 rings (SSSR count). The van der Waals surface area contributed by atoms with Crippen LogP contribution in [0.1, 0.15) is 24.2 Å². The third-order valence-electron chi connectivity index (χ3n) is 2.81. The van der Waals surface area contributed by atoms with Crippen LogP contribution in [0, 0.1) is 5.92 Å². The Morgan fingerprint density at radius 1 is 1.39 bits per heavy atom. The highest BCUT2D eigenvalue weighted by Crippen LogP contribution is 2.37. The Balaban J connectivity index is 2.14. The van der Waals surface area contributed by atoms with Crippen LogP contribution in [-0.4, -0.2) is 30.9 Å². The zero-order valence-corrected chi connectivity index (χ0v) is 10.4. The van der Waals surface area contributed by atoms with Crippen LogP contribution in [0.15, 0.2) is 12.1 Å². The van der Waals surface area contributed by atoms with Crippen LogP contribution in [0.3, 0.4) is 0 Å². The van der Waals surface area contributed by atoms with Gasteiger partial charge in [0.25, 0.3) is 0 Å². The molecule has 0 bridgehead atoms. The van der Waals surface area contributed by atoms with E-state index in [0.29, 0.717) is 29.1 Å². The number of carbonyl (C=O) groups excluding carboxylic acids is 1. The molecule has 98 valence electrons. The van der Waals surface area contributed by atoms with Crippen LogP contribution in [0.5, 0.6) is 17.2 Å². The van der Waals surface area contributed by atoms with E-state index in [4.69, 9.17) is 14.2 Å². The molecule has 0 radical (unpaired) electrons. The molecule has 0 aliphatic carbocycles. The van der Waals surface area contributed by atoms with E-state index >= 15 is 0 Å². The maximum Gasteiger partial charge on any atom is 0.231 e. The summed E-state index contributed by atoms with van der Waals surface area (Å²) in [5, 5.41) is 9.68. The Morgan fingerprint density at radius 3 is 2.67 bits per heavy atom. The molecule has 0 amide bonds. The van der Waals surface area contributed by atoms with Crippen molar-refractivity contribution in [2.24, 2.45) is 5.92 Å². The van der Waals surface area contributed by atoms with Gasteiger partial charge < -0.3 is 19.3 Å². The molecule has 1 unspecified atom stereocenters.